The van der Waals surface area contributed by atoms with Crippen LogP contribution in [0.1, 0.15) is 16.1 Å². The summed E-state index contributed by atoms with van der Waals surface area (Å²) in [6.45, 7) is 2.02. The molecular weight excluding hydrogens is 150 g/mol. The van der Waals surface area contributed by atoms with Crippen LogP contribution in [0.4, 0.5) is 0 Å². The molecule has 2 heterocycles. The third kappa shape index (κ3) is 0.925. The number of hydrogen-bond acceptors (Lipinski definition) is 1. The Morgan fingerprint density at radius 3 is 3.00 bits per heavy atom. The van der Waals surface area contributed by atoms with Gasteiger partial charge in [0.1, 0.15) is 0 Å². The Morgan fingerprint density at radius 1 is 1.42 bits per heavy atom. The Labute approximate surface area is 70.4 Å². The van der Waals surface area contributed by atoms with Crippen molar-refractivity contribution in [2.45, 2.75) is 6.92 Å². The van der Waals surface area contributed by atoms with E-state index in [4.69, 9.17) is 0 Å². The van der Waals surface area contributed by atoms with Crippen molar-refractivity contribution in [2.24, 2.45) is 0 Å². The molecule has 0 saturated carbocycles. The number of carbonyl (C=O) groups is 1. The van der Waals surface area contributed by atoms with E-state index in [1.54, 1.807) is 6.07 Å². The number of aromatic nitrogens is 1. The van der Waals surface area contributed by atoms with Crippen LogP contribution in [0.25, 0.3) is 5.52 Å². The molecule has 0 saturated heterocycles. The predicted octanol–water partition coefficient (Wildman–Crippen LogP) is 2.06. The summed E-state index contributed by atoms with van der Waals surface area (Å²) in [5.41, 5.74) is 2.93. The fraction of sp³-hybridized carbons (Fsp3) is 0.100. The van der Waals surface area contributed by atoms with E-state index in [1.807, 2.05) is 35.7 Å². The highest BCUT2D eigenvalue weighted by molar-refractivity contribution is 5.74. The van der Waals surface area contributed by atoms with Gasteiger partial charge < -0.3 is 4.40 Å². The first kappa shape index (κ1) is 7.10. The number of carbonyl (C=O) groups excluding carboxylic acids is 1. The van der Waals surface area contributed by atoms with Gasteiger partial charge in [-0.15, -0.1) is 0 Å². The zero-order valence-corrected chi connectivity index (χ0v) is 6.82. The summed E-state index contributed by atoms with van der Waals surface area (Å²) in [5.74, 6) is 0. The van der Waals surface area contributed by atoms with E-state index in [0.29, 0.717) is 5.69 Å². The highest BCUT2D eigenvalue weighted by Gasteiger charge is 1.98. The molecule has 2 heteroatoms. The molecular formula is C10H9NO. The van der Waals surface area contributed by atoms with Gasteiger partial charge >= 0.3 is 0 Å². The molecule has 0 amide bonds. The lowest BCUT2D eigenvalue weighted by atomic mass is 10.3. The minimum atomic E-state index is 0.695. The standard InChI is InChI=1S/C10H9NO/c1-8-5-9-3-2-4-10(7-12)11(9)6-8/h2-7H,1H3. The van der Waals surface area contributed by atoms with Crippen molar-refractivity contribution in [1.82, 2.24) is 4.40 Å². The van der Waals surface area contributed by atoms with E-state index in [-0.39, 0.29) is 0 Å². The summed E-state index contributed by atoms with van der Waals surface area (Å²) in [6.07, 6.45) is 2.82. The third-order valence-electron chi connectivity index (χ3n) is 1.92. The van der Waals surface area contributed by atoms with Crippen molar-refractivity contribution < 1.29 is 4.79 Å². The maximum absolute atomic E-state index is 10.6. The van der Waals surface area contributed by atoms with Crippen molar-refractivity contribution in [3.63, 3.8) is 0 Å². The van der Waals surface area contributed by atoms with Gasteiger partial charge in [-0.1, -0.05) is 6.07 Å². The van der Waals surface area contributed by atoms with Gasteiger partial charge in [0.15, 0.2) is 6.29 Å². The zero-order chi connectivity index (χ0) is 8.55. The number of nitrogens with zero attached hydrogens (tertiary/aromatic N) is 1. The molecule has 60 valence electrons. The Bertz CT molecular complexity index is 428. The summed E-state index contributed by atoms with van der Waals surface area (Å²) in [5, 5.41) is 0. The first-order valence-electron chi connectivity index (χ1n) is 3.84. The average molecular weight is 159 g/mol. The second kappa shape index (κ2) is 2.48. The maximum Gasteiger partial charge on any atom is 0.166 e. The fourth-order valence-corrected chi connectivity index (χ4v) is 1.39. The first-order valence-corrected chi connectivity index (χ1v) is 3.84. The number of fused-ring (bicyclic) bond motifs is 1. The van der Waals surface area contributed by atoms with Crippen molar-refractivity contribution in [1.29, 1.82) is 0 Å². The van der Waals surface area contributed by atoms with Gasteiger partial charge in [-0.3, -0.25) is 4.79 Å². The number of aryl methyl sites for hydroxylation is 1. The van der Waals surface area contributed by atoms with Gasteiger partial charge in [0.05, 0.1) is 5.69 Å². The van der Waals surface area contributed by atoms with Crippen LogP contribution in [0.5, 0.6) is 0 Å². The summed E-state index contributed by atoms with van der Waals surface area (Å²) < 4.78 is 1.89. The molecule has 0 aromatic carbocycles. The number of rotatable bonds is 1. The summed E-state index contributed by atoms with van der Waals surface area (Å²) in [7, 11) is 0. The number of pyridine rings is 1. The maximum atomic E-state index is 10.6. The highest BCUT2D eigenvalue weighted by Crippen LogP contribution is 2.10. The van der Waals surface area contributed by atoms with Crippen LogP contribution in [-0.2, 0) is 0 Å². The second-order valence-electron chi connectivity index (χ2n) is 2.88. The lowest BCUT2D eigenvalue weighted by molar-refractivity contribution is 0.111. The molecule has 0 aliphatic heterocycles. The normalized spacial score (nSPS) is 10.4. The molecule has 2 aromatic heterocycles. The molecule has 2 nitrogen and oxygen atoms in total. The Kier molecular flexibility index (Phi) is 1.47. The molecule has 2 aromatic rings. The minimum absolute atomic E-state index is 0.695. The van der Waals surface area contributed by atoms with Crippen LogP contribution in [0.15, 0.2) is 30.5 Å². The van der Waals surface area contributed by atoms with E-state index < -0.39 is 0 Å². The van der Waals surface area contributed by atoms with E-state index in [1.165, 1.54) is 5.56 Å². The van der Waals surface area contributed by atoms with Crippen LogP contribution in [0.2, 0.25) is 0 Å². The summed E-state index contributed by atoms with van der Waals surface area (Å²) >= 11 is 0. The number of aldehydes is 1. The Morgan fingerprint density at radius 2 is 2.25 bits per heavy atom. The topological polar surface area (TPSA) is 21.5 Å². The highest BCUT2D eigenvalue weighted by atomic mass is 16.1. The fourth-order valence-electron chi connectivity index (χ4n) is 1.39. The molecule has 0 atom stereocenters. The lowest BCUT2D eigenvalue weighted by Crippen LogP contribution is -1.91. The Balaban J connectivity index is 2.86. The molecule has 0 fully saturated rings. The lowest BCUT2D eigenvalue weighted by Gasteiger charge is -1.96. The van der Waals surface area contributed by atoms with E-state index in [0.717, 1.165) is 11.8 Å². The van der Waals surface area contributed by atoms with Crippen molar-refractivity contribution >= 4 is 11.8 Å². The third-order valence-corrected chi connectivity index (χ3v) is 1.92. The molecule has 0 bridgehead atoms. The largest absolute Gasteiger partial charge is 0.314 e. The molecule has 0 aliphatic carbocycles. The van der Waals surface area contributed by atoms with Gasteiger partial charge in [0, 0.05) is 11.7 Å². The molecule has 2 rings (SSSR count). The van der Waals surface area contributed by atoms with Gasteiger partial charge in [-0.2, -0.15) is 0 Å². The SMILES string of the molecule is Cc1cc2cccc(C=O)n2c1. The van der Waals surface area contributed by atoms with Gasteiger partial charge in [0.2, 0.25) is 0 Å². The van der Waals surface area contributed by atoms with Crippen LogP contribution < -0.4 is 0 Å². The first-order chi connectivity index (χ1) is 5.81. The van der Waals surface area contributed by atoms with Gasteiger partial charge in [-0.25, -0.2) is 0 Å². The predicted molar refractivity (Wildman–Crippen MR) is 47.5 cm³/mol. The molecule has 0 N–H and O–H groups in total. The Hall–Kier alpha value is -1.57. The molecule has 0 radical (unpaired) electrons. The summed E-state index contributed by atoms with van der Waals surface area (Å²) in [4.78, 5) is 10.6. The molecule has 0 spiro atoms. The molecule has 0 aliphatic rings. The van der Waals surface area contributed by atoms with Crippen LogP contribution in [0.3, 0.4) is 0 Å². The van der Waals surface area contributed by atoms with Crippen LogP contribution in [-0.4, -0.2) is 10.7 Å². The average Bonchev–Trinajstić information content (AvgIpc) is 2.44. The van der Waals surface area contributed by atoms with E-state index >= 15 is 0 Å². The summed E-state index contributed by atoms with van der Waals surface area (Å²) in [6, 6.07) is 7.73. The van der Waals surface area contributed by atoms with Crippen molar-refractivity contribution in [3.8, 4) is 0 Å². The van der Waals surface area contributed by atoms with E-state index in [9.17, 15) is 4.79 Å². The monoisotopic (exact) mass is 159 g/mol. The zero-order valence-electron chi connectivity index (χ0n) is 6.82. The van der Waals surface area contributed by atoms with Crippen molar-refractivity contribution in [3.05, 3.63) is 41.7 Å². The quantitative estimate of drug-likeness (QED) is 0.583. The number of hydrogen-bond donors (Lipinski definition) is 0. The van der Waals surface area contributed by atoms with Crippen LogP contribution in [0, 0.1) is 6.92 Å². The second-order valence-corrected chi connectivity index (χ2v) is 2.88. The molecule has 0 unspecified atom stereocenters. The molecule has 12 heavy (non-hydrogen) atoms. The van der Waals surface area contributed by atoms with Gasteiger partial charge in [0.25, 0.3) is 0 Å². The van der Waals surface area contributed by atoms with Crippen LogP contribution >= 0.6 is 0 Å². The smallest absolute Gasteiger partial charge is 0.166 e. The minimum Gasteiger partial charge on any atom is -0.314 e. The van der Waals surface area contributed by atoms with E-state index in [2.05, 4.69) is 0 Å². The van der Waals surface area contributed by atoms with Gasteiger partial charge in [-0.05, 0) is 30.7 Å². The van der Waals surface area contributed by atoms with Crippen molar-refractivity contribution in [2.75, 3.05) is 0 Å².